The van der Waals surface area contributed by atoms with Gasteiger partial charge in [-0.25, -0.2) is 14.8 Å². The molecular formula is C9H11N5O2. The zero-order valence-electron chi connectivity index (χ0n) is 8.75. The number of nitroso groups, excluding NO2 is 1. The number of anilines is 2. The Morgan fingerprint density at radius 1 is 1.62 bits per heavy atom. The molecule has 1 aromatic heterocycles. The van der Waals surface area contributed by atoms with E-state index in [4.69, 9.17) is 0 Å². The molecule has 1 aliphatic heterocycles. The molecule has 16 heavy (non-hydrogen) atoms. The van der Waals surface area contributed by atoms with Gasteiger partial charge in [-0.1, -0.05) is 0 Å². The van der Waals surface area contributed by atoms with E-state index in [0.717, 1.165) is 0 Å². The summed E-state index contributed by atoms with van der Waals surface area (Å²) in [7, 11) is 1.54. The van der Waals surface area contributed by atoms with Crippen molar-refractivity contribution >= 4 is 17.5 Å². The Balaban J connectivity index is 2.28. The van der Waals surface area contributed by atoms with Crippen LogP contribution in [-0.4, -0.2) is 31.2 Å². The molecule has 2 rings (SSSR count). The van der Waals surface area contributed by atoms with Crippen molar-refractivity contribution in [2.75, 3.05) is 30.0 Å². The molecule has 1 saturated heterocycles. The second-order valence-electron chi connectivity index (χ2n) is 3.36. The molecule has 7 nitrogen and oxygen atoms in total. The molecule has 84 valence electrons. The van der Waals surface area contributed by atoms with Gasteiger partial charge in [0.25, 0.3) is 0 Å². The highest BCUT2D eigenvalue weighted by molar-refractivity contribution is 5.93. The topological polar surface area (TPSA) is 77.9 Å². The molecule has 0 unspecified atom stereocenters. The summed E-state index contributed by atoms with van der Waals surface area (Å²) in [4.78, 5) is 27.4. The molecule has 1 aromatic rings. The molecule has 0 bridgehead atoms. The fraction of sp³-hybridized carbons (Fsp3) is 0.333. The number of hydrogen-bond acceptors (Lipinski definition) is 4. The lowest BCUT2D eigenvalue weighted by molar-refractivity contribution is 0.252. The lowest BCUT2D eigenvalue weighted by Gasteiger charge is -2.15. The van der Waals surface area contributed by atoms with E-state index in [1.807, 2.05) is 0 Å². The zero-order valence-corrected chi connectivity index (χ0v) is 8.75. The number of hydrogen-bond donors (Lipinski definition) is 1. The second kappa shape index (κ2) is 4.13. The van der Waals surface area contributed by atoms with Gasteiger partial charge < -0.3 is 5.32 Å². The number of aromatic nitrogens is 1. The van der Waals surface area contributed by atoms with Gasteiger partial charge in [0, 0.05) is 32.4 Å². The molecule has 1 fully saturated rings. The highest BCUT2D eigenvalue weighted by atomic mass is 16.3. The number of nitrogens with one attached hydrogen (secondary N) is 1. The van der Waals surface area contributed by atoms with Crippen LogP contribution in [0.3, 0.4) is 0 Å². The van der Waals surface area contributed by atoms with E-state index in [1.54, 1.807) is 12.1 Å². The maximum Gasteiger partial charge on any atom is 0.323 e. The average Bonchev–Trinajstić information content (AvgIpc) is 2.74. The van der Waals surface area contributed by atoms with Crippen molar-refractivity contribution in [2.45, 2.75) is 0 Å². The first-order valence-electron chi connectivity index (χ1n) is 4.81. The minimum Gasteiger partial charge on any atom is -0.336 e. The zero-order chi connectivity index (χ0) is 11.5. The van der Waals surface area contributed by atoms with Gasteiger partial charge in [-0.15, -0.1) is 4.91 Å². The van der Waals surface area contributed by atoms with Crippen LogP contribution in [0.25, 0.3) is 0 Å². The van der Waals surface area contributed by atoms with E-state index < -0.39 is 0 Å². The largest absolute Gasteiger partial charge is 0.336 e. The van der Waals surface area contributed by atoms with Crippen LogP contribution >= 0.6 is 0 Å². The van der Waals surface area contributed by atoms with Gasteiger partial charge in [-0.3, -0.25) is 4.90 Å². The Kier molecular flexibility index (Phi) is 2.67. The first-order valence-corrected chi connectivity index (χ1v) is 4.81. The van der Waals surface area contributed by atoms with E-state index in [0.29, 0.717) is 24.6 Å². The monoisotopic (exact) mass is 221 g/mol. The summed E-state index contributed by atoms with van der Waals surface area (Å²) in [6.45, 7) is 1.18. The molecule has 2 amide bonds. The first-order chi connectivity index (χ1) is 7.72. The van der Waals surface area contributed by atoms with Gasteiger partial charge in [0.2, 0.25) is 0 Å². The molecular weight excluding hydrogens is 210 g/mol. The lowest BCUT2D eigenvalue weighted by atomic mass is 10.3. The van der Waals surface area contributed by atoms with Gasteiger partial charge in [0.1, 0.15) is 5.82 Å². The molecule has 1 N–H and O–H groups in total. The van der Waals surface area contributed by atoms with Gasteiger partial charge >= 0.3 is 6.03 Å². The second-order valence-corrected chi connectivity index (χ2v) is 3.36. The summed E-state index contributed by atoms with van der Waals surface area (Å²) in [5.41, 5.74) is 0.597. The van der Waals surface area contributed by atoms with Crippen molar-refractivity contribution in [1.29, 1.82) is 0 Å². The van der Waals surface area contributed by atoms with E-state index in [1.165, 1.54) is 23.2 Å². The Morgan fingerprint density at radius 3 is 3.06 bits per heavy atom. The third-order valence-corrected chi connectivity index (χ3v) is 2.36. The van der Waals surface area contributed by atoms with E-state index in [-0.39, 0.29) is 6.03 Å². The maximum absolute atomic E-state index is 11.4. The van der Waals surface area contributed by atoms with Gasteiger partial charge in [-0.05, 0) is 6.07 Å². The SMILES string of the molecule is CN(N=O)c1ccnc(N2CCNC2=O)c1. The number of carbonyl (C=O) groups is 1. The Bertz CT molecular complexity index is 422. The highest BCUT2D eigenvalue weighted by Crippen LogP contribution is 2.20. The summed E-state index contributed by atoms with van der Waals surface area (Å²) in [5.74, 6) is 0.517. The van der Waals surface area contributed by atoms with Gasteiger partial charge in [0.15, 0.2) is 0 Å². The smallest absolute Gasteiger partial charge is 0.323 e. The van der Waals surface area contributed by atoms with Crippen LogP contribution in [0.1, 0.15) is 0 Å². The summed E-state index contributed by atoms with van der Waals surface area (Å²) < 4.78 is 0. The van der Waals surface area contributed by atoms with Crippen molar-refractivity contribution in [3.05, 3.63) is 23.2 Å². The summed E-state index contributed by atoms with van der Waals surface area (Å²) in [6.07, 6.45) is 1.54. The van der Waals surface area contributed by atoms with Crippen LogP contribution in [0.15, 0.2) is 23.6 Å². The van der Waals surface area contributed by atoms with Crippen LogP contribution in [0.2, 0.25) is 0 Å². The number of pyridine rings is 1. The number of urea groups is 1. The summed E-state index contributed by atoms with van der Waals surface area (Å²) >= 11 is 0. The maximum atomic E-state index is 11.4. The molecule has 0 spiro atoms. The quantitative estimate of drug-likeness (QED) is 0.602. The fourth-order valence-corrected chi connectivity index (χ4v) is 1.49. The van der Waals surface area contributed by atoms with Crippen molar-refractivity contribution in [3.8, 4) is 0 Å². The van der Waals surface area contributed by atoms with Crippen LogP contribution in [-0.2, 0) is 0 Å². The van der Waals surface area contributed by atoms with Gasteiger partial charge in [0.05, 0.1) is 11.0 Å². The predicted molar refractivity (Wildman–Crippen MR) is 59.2 cm³/mol. The minimum absolute atomic E-state index is 0.175. The molecule has 7 heteroatoms. The van der Waals surface area contributed by atoms with Crippen LogP contribution in [0.5, 0.6) is 0 Å². The highest BCUT2D eigenvalue weighted by Gasteiger charge is 2.22. The van der Waals surface area contributed by atoms with Crippen molar-refractivity contribution < 1.29 is 4.79 Å². The first kappa shape index (κ1) is 10.3. The summed E-state index contributed by atoms with van der Waals surface area (Å²) in [6, 6.07) is 3.12. The van der Waals surface area contributed by atoms with Crippen molar-refractivity contribution in [1.82, 2.24) is 10.3 Å². The molecule has 1 aliphatic rings. The van der Waals surface area contributed by atoms with Crippen LogP contribution < -0.4 is 15.2 Å². The molecule has 0 aliphatic carbocycles. The van der Waals surface area contributed by atoms with Crippen molar-refractivity contribution in [3.63, 3.8) is 0 Å². The fourth-order valence-electron chi connectivity index (χ4n) is 1.49. The van der Waals surface area contributed by atoms with Gasteiger partial charge in [-0.2, -0.15) is 0 Å². The minimum atomic E-state index is -0.175. The number of rotatable bonds is 3. The predicted octanol–water partition coefficient (Wildman–Crippen LogP) is 0.729. The third-order valence-electron chi connectivity index (χ3n) is 2.36. The summed E-state index contributed by atoms with van der Waals surface area (Å²) in [5, 5.41) is 6.64. The lowest BCUT2D eigenvalue weighted by Crippen LogP contribution is -2.28. The standard InChI is InChI=1S/C9H11N5O2/c1-13(12-16)7-2-3-10-8(6-7)14-5-4-11-9(14)15/h2-3,6H,4-5H2,1H3,(H,11,15). The molecule has 0 atom stereocenters. The van der Waals surface area contributed by atoms with Crippen LogP contribution in [0, 0.1) is 4.91 Å². The number of nitrogens with zero attached hydrogens (tertiary/aromatic N) is 4. The Labute approximate surface area is 92.0 Å². The van der Waals surface area contributed by atoms with E-state index in [2.05, 4.69) is 15.6 Å². The molecule has 0 radical (unpaired) electrons. The van der Waals surface area contributed by atoms with E-state index in [9.17, 15) is 9.70 Å². The van der Waals surface area contributed by atoms with E-state index >= 15 is 0 Å². The van der Waals surface area contributed by atoms with Crippen LogP contribution in [0.4, 0.5) is 16.3 Å². The third kappa shape index (κ3) is 1.79. The normalized spacial score (nSPS) is 14.8. The number of amides is 2. The Morgan fingerprint density at radius 2 is 2.44 bits per heavy atom. The number of carbonyl (C=O) groups excluding carboxylic acids is 1. The molecule has 2 heterocycles. The Hall–Kier alpha value is -2.18. The molecule has 0 saturated carbocycles. The average molecular weight is 221 g/mol. The molecule has 0 aromatic carbocycles. The van der Waals surface area contributed by atoms with Crippen molar-refractivity contribution in [2.24, 2.45) is 5.29 Å².